The van der Waals surface area contributed by atoms with Gasteiger partial charge < -0.3 is 5.73 Å². The number of nitrogens with two attached hydrogens (primary N) is 1. The van der Waals surface area contributed by atoms with E-state index in [9.17, 15) is 4.39 Å². The molecule has 2 aromatic rings. The Bertz CT molecular complexity index is 564. The van der Waals surface area contributed by atoms with Gasteiger partial charge in [-0.3, -0.25) is 0 Å². The molecule has 106 valence electrons. The van der Waals surface area contributed by atoms with Crippen molar-refractivity contribution in [3.05, 3.63) is 70.5 Å². The third kappa shape index (κ3) is 2.87. The van der Waals surface area contributed by atoms with Crippen molar-refractivity contribution in [2.45, 2.75) is 25.2 Å². The molecule has 0 spiro atoms. The van der Waals surface area contributed by atoms with Crippen LogP contribution in [-0.4, -0.2) is 6.54 Å². The van der Waals surface area contributed by atoms with Gasteiger partial charge in [0, 0.05) is 12.0 Å². The lowest BCUT2D eigenvalue weighted by molar-refractivity contribution is 0.417. The topological polar surface area (TPSA) is 26.0 Å². The molecule has 0 aromatic heterocycles. The van der Waals surface area contributed by atoms with Crippen LogP contribution in [-0.2, 0) is 11.8 Å². The van der Waals surface area contributed by atoms with Gasteiger partial charge in [-0.15, -0.1) is 0 Å². The molecule has 1 nitrogen and oxygen atoms in total. The number of rotatable bonds is 5. The molecule has 0 bridgehead atoms. The third-order valence-electron chi connectivity index (χ3n) is 4.01. The monoisotopic (exact) mass is 291 g/mol. The number of hydrogen-bond acceptors (Lipinski definition) is 1. The molecule has 0 radical (unpaired) electrons. The molecule has 0 saturated carbocycles. The fourth-order valence-corrected chi connectivity index (χ4v) is 2.80. The summed E-state index contributed by atoms with van der Waals surface area (Å²) in [7, 11) is 0. The quantitative estimate of drug-likeness (QED) is 0.872. The van der Waals surface area contributed by atoms with Crippen LogP contribution in [0.3, 0.4) is 0 Å². The van der Waals surface area contributed by atoms with Crippen molar-refractivity contribution in [2.24, 2.45) is 5.73 Å². The van der Waals surface area contributed by atoms with E-state index in [1.807, 2.05) is 24.3 Å². The highest BCUT2D eigenvalue weighted by Gasteiger charge is 2.30. The molecule has 1 unspecified atom stereocenters. The Morgan fingerprint density at radius 2 is 1.80 bits per heavy atom. The van der Waals surface area contributed by atoms with Crippen LogP contribution in [0.5, 0.6) is 0 Å². The highest BCUT2D eigenvalue weighted by Crippen LogP contribution is 2.33. The Hall–Kier alpha value is -1.38. The van der Waals surface area contributed by atoms with Gasteiger partial charge in [0.1, 0.15) is 5.82 Å². The first kappa shape index (κ1) is 15.0. The average molecular weight is 292 g/mol. The van der Waals surface area contributed by atoms with Crippen LogP contribution in [0, 0.1) is 5.82 Å². The first-order valence-corrected chi connectivity index (χ1v) is 7.19. The van der Waals surface area contributed by atoms with Crippen molar-refractivity contribution in [3.63, 3.8) is 0 Å². The largest absolute Gasteiger partial charge is 0.330 e. The fourth-order valence-electron chi connectivity index (χ4n) is 2.61. The van der Waals surface area contributed by atoms with E-state index in [2.05, 4.69) is 19.1 Å². The van der Waals surface area contributed by atoms with Crippen LogP contribution in [0.1, 0.15) is 24.5 Å². The first-order chi connectivity index (χ1) is 9.63. The summed E-state index contributed by atoms with van der Waals surface area (Å²) in [5.74, 6) is -0.376. The molecule has 0 saturated heterocycles. The molecule has 0 heterocycles. The van der Waals surface area contributed by atoms with Crippen molar-refractivity contribution < 1.29 is 4.39 Å². The SMILES string of the molecule is CCC(CN)(Cc1cccc(F)c1Cl)c1ccccc1. The second-order valence-electron chi connectivity index (χ2n) is 5.09. The van der Waals surface area contributed by atoms with Crippen molar-refractivity contribution >= 4 is 11.6 Å². The van der Waals surface area contributed by atoms with Crippen molar-refractivity contribution in [2.75, 3.05) is 6.54 Å². The lowest BCUT2D eigenvalue weighted by atomic mass is 9.73. The van der Waals surface area contributed by atoms with E-state index in [0.717, 1.165) is 12.0 Å². The molecule has 20 heavy (non-hydrogen) atoms. The van der Waals surface area contributed by atoms with Crippen molar-refractivity contribution in [1.29, 1.82) is 0 Å². The lowest BCUT2D eigenvalue weighted by Crippen LogP contribution is -2.37. The third-order valence-corrected chi connectivity index (χ3v) is 4.44. The Kier molecular flexibility index (Phi) is 4.79. The maximum absolute atomic E-state index is 13.6. The predicted octanol–water partition coefficient (Wildman–Crippen LogP) is 4.33. The highest BCUT2D eigenvalue weighted by molar-refractivity contribution is 6.31. The molecule has 0 aliphatic carbocycles. The molecule has 3 heteroatoms. The zero-order chi connectivity index (χ0) is 14.6. The molecular weight excluding hydrogens is 273 g/mol. The smallest absolute Gasteiger partial charge is 0.142 e. The summed E-state index contributed by atoms with van der Waals surface area (Å²) in [4.78, 5) is 0. The van der Waals surface area contributed by atoms with Crippen LogP contribution in [0.2, 0.25) is 5.02 Å². The second kappa shape index (κ2) is 6.38. The molecule has 2 rings (SSSR count). The van der Waals surface area contributed by atoms with Crippen molar-refractivity contribution in [3.8, 4) is 0 Å². The van der Waals surface area contributed by atoms with Crippen LogP contribution >= 0.6 is 11.6 Å². The minimum Gasteiger partial charge on any atom is -0.330 e. The summed E-state index contributed by atoms with van der Waals surface area (Å²) in [6.45, 7) is 2.60. The molecule has 0 aliphatic rings. The van der Waals surface area contributed by atoms with E-state index in [1.165, 1.54) is 11.6 Å². The molecular formula is C17H19ClFN. The van der Waals surface area contributed by atoms with Crippen LogP contribution < -0.4 is 5.73 Å². The van der Waals surface area contributed by atoms with E-state index in [1.54, 1.807) is 6.07 Å². The average Bonchev–Trinajstić information content (AvgIpc) is 2.50. The summed E-state index contributed by atoms with van der Waals surface area (Å²) in [5, 5.41) is 0.203. The van der Waals surface area contributed by atoms with E-state index < -0.39 is 0 Å². The Balaban J connectivity index is 2.42. The van der Waals surface area contributed by atoms with Crippen LogP contribution in [0.4, 0.5) is 4.39 Å². The van der Waals surface area contributed by atoms with Gasteiger partial charge >= 0.3 is 0 Å². The van der Waals surface area contributed by atoms with E-state index in [0.29, 0.717) is 13.0 Å². The molecule has 0 fully saturated rings. The van der Waals surface area contributed by atoms with Gasteiger partial charge in [0.2, 0.25) is 0 Å². The summed E-state index contributed by atoms with van der Waals surface area (Å²) in [6, 6.07) is 15.1. The van der Waals surface area contributed by atoms with Crippen LogP contribution in [0.15, 0.2) is 48.5 Å². The van der Waals surface area contributed by atoms with Gasteiger partial charge in [-0.1, -0.05) is 61.0 Å². The zero-order valence-corrected chi connectivity index (χ0v) is 12.3. The first-order valence-electron chi connectivity index (χ1n) is 6.81. The van der Waals surface area contributed by atoms with Gasteiger partial charge in [0.15, 0.2) is 0 Å². The van der Waals surface area contributed by atoms with Gasteiger partial charge in [-0.2, -0.15) is 0 Å². The molecule has 2 aromatic carbocycles. The number of halogens is 2. The van der Waals surface area contributed by atoms with E-state index in [-0.39, 0.29) is 16.3 Å². The zero-order valence-electron chi connectivity index (χ0n) is 11.6. The highest BCUT2D eigenvalue weighted by atomic mass is 35.5. The van der Waals surface area contributed by atoms with Gasteiger partial charge in [-0.05, 0) is 30.0 Å². The molecule has 0 amide bonds. The van der Waals surface area contributed by atoms with Gasteiger partial charge in [-0.25, -0.2) is 4.39 Å². The Labute approximate surface area is 124 Å². The minimum atomic E-state index is -0.376. The summed E-state index contributed by atoms with van der Waals surface area (Å²) >= 11 is 6.08. The number of benzene rings is 2. The summed E-state index contributed by atoms with van der Waals surface area (Å²) in [5.41, 5.74) is 7.82. The fraction of sp³-hybridized carbons (Fsp3) is 0.294. The van der Waals surface area contributed by atoms with Crippen molar-refractivity contribution in [1.82, 2.24) is 0 Å². The molecule has 0 aliphatic heterocycles. The maximum atomic E-state index is 13.6. The van der Waals surface area contributed by atoms with Gasteiger partial charge in [0.25, 0.3) is 0 Å². The van der Waals surface area contributed by atoms with Crippen LogP contribution in [0.25, 0.3) is 0 Å². The normalized spacial score (nSPS) is 14.0. The molecule has 1 atom stereocenters. The molecule has 2 N–H and O–H groups in total. The lowest BCUT2D eigenvalue weighted by Gasteiger charge is -2.32. The summed E-state index contributed by atoms with van der Waals surface area (Å²) in [6.07, 6.45) is 1.51. The van der Waals surface area contributed by atoms with Gasteiger partial charge in [0.05, 0.1) is 5.02 Å². The Morgan fingerprint density at radius 3 is 2.40 bits per heavy atom. The summed E-state index contributed by atoms with van der Waals surface area (Å²) < 4.78 is 13.6. The van der Waals surface area contributed by atoms with E-state index >= 15 is 0 Å². The maximum Gasteiger partial charge on any atom is 0.142 e. The predicted molar refractivity (Wildman–Crippen MR) is 82.6 cm³/mol. The van der Waals surface area contributed by atoms with E-state index in [4.69, 9.17) is 17.3 Å². The second-order valence-corrected chi connectivity index (χ2v) is 5.47. The Morgan fingerprint density at radius 1 is 1.10 bits per heavy atom. The number of hydrogen-bond donors (Lipinski definition) is 1. The minimum absolute atomic E-state index is 0.203. The standard InChI is InChI=1S/C17H19ClFN/c1-2-17(12-20,14-8-4-3-5-9-14)11-13-7-6-10-15(19)16(13)18/h3-10H,2,11-12,20H2,1H3.